The summed E-state index contributed by atoms with van der Waals surface area (Å²) in [6.45, 7) is 4.86. The van der Waals surface area contributed by atoms with E-state index in [-0.39, 0.29) is 0 Å². The summed E-state index contributed by atoms with van der Waals surface area (Å²) < 4.78 is 5.51. The zero-order valence-electron chi connectivity index (χ0n) is 11.4. The maximum absolute atomic E-state index is 5.51. The number of hydrogen-bond acceptors (Lipinski definition) is 3. The Labute approximate surface area is 114 Å². The average molecular weight is 256 g/mol. The fourth-order valence-corrected chi connectivity index (χ4v) is 2.61. The summed E-state index contributed by atoms with van der Waals surface area (Å²) in [4.78, 5) is 4.71. The fourth-order valence-electron chi connectivity index (χ4n) is 2.61. The number of anilines is 1. The summed E-state index contributed by atoms with van der Waals surface area (Å²) in [7, 11) is 0. The topological polar surface area (TPSA) is 34.2 Å². The average Bonchev–Trinajstić information content (AvgIpc) is 2.46. The third-order valence-corrected chi connectivity index (χ3v) is 3.73. The smallest absolute Gasteiger partial charge is 0.129 e. The fraction of sp³-hybridized carbons (Fsp3) is 0.438. The van der Waals surface area contributed by atoms with E-state index in [0.29, 0.717) is 5.92 Å². The van der Waals surface area contributed by atoms with Gasteiger partial charge >= 0.3 is 0 Å². The van der Waals surface area contributed by atoms with Gasteiger partial charge in [-0.1, -0.05) is 18.2 Å². The predicted molar refractivity (Wildman–Crippen MR) is 78.5 cm³/mol. The molecule has 100 valence electrons. The summed E-state index contributed by atoms with van der Waals surface area (Å²) >= 11 is 0. The lowest BCUT2D eigenvalue weighted by molar-refractivity contribution is 0.0595. The SMILES string of the molecule is Cc1cc2ccccc2nc1NCC1CCCOC1. The number of rotatable bonds is 3. The normalized spacial score (nSPS) is 19.5. The molecule has 3 rings (SSSR count). The molecule has 0 aliphatic carbocycles. The van der Waals surface area contributed by atoms with Crippen molar-refractivity contribution >= 4 is 16.7 Å². The van der Waals surface area contributed by atoms with E-state index >= 15 is 0 Å². The summed E-state index contributed by atoms with van der Waals surface area (Å²) in [5.41, 5.74) is 2.26. The van der Waals surface area contributed by atoms with Crippen molar-refractivity contribution in [1.82, 2.24) is 4.98 Å². The highest BCUT2D eigenvalue weighted by Crippen LogP contribution is 2.21. The van der Waals surface area contributed by atoms with Crippen molar-refractivity contribution in [3.63, 3.8) is 0 Å². The first-order valence-electron chi connectivity index (χ1n) is 7.01. The molecule has 0 radical (unpaired) electrons. The van der Waals surface area contributed by atoms with Crippen LogP contribution in [0.1, 0.15) is 18.4 Å². The van der Waals surface area contributed by atoms with Gasteiger partial charge in [-0.15, -0.1) is 0 Å². The van der Waals surface area contributed by atoms with E-state index in [4.69, 9.17) is 9.72 Å². The van der Waals surface area contributed by atoms with Crippen molar-refractivity contribution in [3.05, 3.63) is 35.9 Å². The zero-order chi connectivity index (χ0) is 13.1. The van der Waals surface area contributed by atoms with Gasteiger partial charge in [-0.25, -0.2) is 4.98 Å². The van der Waals surface area contributed by atoms with Crippen molar-refractivity contribution < 1.29 is 4.74 Å². The molecular weight excluding hydrogens is 236 g/mol. The highest BCUT2D eigenvalue weighted by atomic mass is 16.5. The van der Waals surface area contributed by atoms with Crippen molar-refractivity contribution in [2.24, 2.45) is 5.92 Å². The minimum atomic E-state index is 0.612. The van der Waals surface area contributed by atoms with Crippen LogP contribution in [0, 0.1) is 12.8 Å². The molecule has 0 spiro atoms. The van der Waals surface area contributed by atoms with Gasteiger partial charge in [0.1, 0.15) is 5.82 Å². The molecule has 1 aromatic carbocycles. The molecule has 1 fully saturated rings. The monoisotopic (exact) mass is 256 g/mol. The first kappa shape index (κ1) is 12.4. The Morgan fingerprint density at radius 3 is 3.11 bits per heavy atom. The van der Waals surface area contributed by atoms with Crippen LogP contribution in [0.25, 0.3) is 10.9 Å². The third kappa shape index (κ3) is 2.87. The van der Waals surface area contributed by atoms with Gasteiger partial charge in [0.15, 0.2) is 0 Å². The summed E-state index contributed by atoms with van der Waals surface area (Å²) in [5.74, 6) is 1.62. The number of aryl methyl sites for hydroxylation is 1. The number of hydrogen-bond donors (Lipinski definition) is 1. The Hall–Kier alpha value is -1.61. The van der Waals surface area contributed by atoms with E-state index in [9.17, 15) is 0 Å². The molecule has 0 bridgehead atoms. The second-order valence-electron chi connectivity index (χ2n) is 5.31. The van der Waals surface area contributed by atoms with Gasteiger partial charge in [0, 0.05) is 18.5 Å². The van der Waals surface area contributed by atoms with Crippen LogP contribution in [0.15, 0.2) is 30.3 Å². The van der Waals surface area contributed by atoms with Crippen molar-refractivity contribution in [1.29, 1.82) is 0 Å². The molecule has 2 aromatic rings. The molecule has 1 aliphatic rings. The van der Waals surface area contributed by atoms with Gasteiger partial charge in [-0.3, -0.25) is 0 Å². The molecule has 1 saturated heterocycles. The molecule has 1 atom stereocenters. The number of fused-ring (bicyclic) bond motifs is 1. The Balaban J connectivity index is 1.74. The lowest BCUT2D eigenvalue weighted by atomic mass is 10.0. The predicted octanol–water partition coefficient (Wildman–Crippen LogP) is 3.38. The van der Waals surface area contributed by atoms with Crippen LogP contribution in [-0.4, -0.2) is 24.7 Å². The lowest BCUT2D eigenvalue weighted by Crippen LogP contribution is -2.24. The molecule has 19 heavy (non-hydrogen) atoms. The van der Waals surface area contributed by atoms with Gasteiger partial charge < -0.3 is 10.1 Å². The van der Waals surface area contributed by atoms with Crippen molar-refractivity contribution in [2.45, 2.75) is 19.8 Å². The summed E-state index contributed by atoms with van der Waals surface area (Å²) in [5, 5.41) is 4.68. The zero-order valence-corrected chi connectivity index (χ0v) is 11.4. The number of nitrogens with one attached hydrogen (secondary N) is 1. The highest BCUT2D eigenvalue weighted by molar-refractivity contribution is 5.81. The van der Waals surface area contributed by atoms with Crippen LogP contribution in [-0.2, 0) is 4.74 Å². The number of para-hydroxylation sites is 1. The Morgan fingerprint density at radius 2 is 2.26 bits per heavy atom. The molecule has 1 aromatic heterocycles. The molecular formula is C16H20N2O. The highest BCUT2D eigenvalue weighted by Gasteiger charge is 2.14. The van der Waals surface area contributed by atoms with Crippen LogP contribution >= 0.6 is 0 Å². The molecule has 1 aliphatic heterocycles. The number of nitrogens with zero attached hydrogens (tertiary/aromatic N) is 1. The first-order valence-corrected chi connectivity index (χ1v) is 7.01. The molecule has 1 unspecified atom stereocenters. The largest absolute Gasteiger partial charge is 0.381 e. The van der Waals surface area contributed by atoms with E-state index in [1.165, 1.54) is 23.8 Å². The number of ether oxygens (including phenoxy) is 1. The maximum Gasteiger partial charge on any atom is 0.129 e. The standard InChI is InChI=1S/C16H20N2O/c1-12-9-14-6-2-3-7-15(14)18-16(12)17-10-13-5-4-8-19-11-13/h2-3,6-7,9,13H,4-5,8,10-11H2,1H3,(H,17,18). The molecule has 3 nitrogen and oxygen atoms in total. The maximum atomic E-state index is 5.51. The molecule has 1 N–H and O–H groups in total. The van der Waals surface area contributed by atoms with Gasteiger partial charge in [-0.05, 0) is 43.4 Å². The molecule has 2 heterocycles. The first-order chi connectivity index (χ1) is 9.33. The minimum Gasteiger partial charge on any atom is -0.381 e. The van der Waals surface area contributed by atoms with E-state index < -0.39 is 0 Å². The summed E-state index contributed by atoms with van der Waals surface area (Å²) in [6, 6.07) is 10.4. The Morgan fingerprint density at radius 1 is 1.37 bits per heavy atom. The number of aromatic nitrogens is 1. The van der Waals surface area contributed by atoms with E-state index in [1.807, 2.05) is 6.07 Å². The van der Waals surface area contributed by atoms with Crippen molar-refractivity contribution in [3.8, 4) is 0 Å². The van der Waals surface area contributed by atoms with Gasteiger partial charge in [0.05, 0.1) is 12.1 Å². The Bertz CT molecular complexity index is 562. The van der Waals surface area contributed by atoms with Crippen LogP contribution in [0.2, 0.25) is 0 Å². The lowest BCUT2D eigenvalue weighted by Gasteiger charge is -2.22. The number of benzene rings is 1. The second-order valence-corrected chi connectivity index (χ2v) is 5.31. The van der Waals surface area contributed by atoms with E-state index in [2.05, 4.69) is 36.5 Å². The van der Waals surface area contributed by atoms with E-state index in [1.54, 1.807) is 0 Å². The van der Waals surface area contributed by atoms with Crippen LogP contribution in [0.5, 0.6) is 0 Å². The minimum absolute atomic E-state index is 0.612. The molecule has 0 saturated carbocycles. The summed E-state index contributed by atoms with van der Waals surface area (Å²) in [6.07, 6.45) is 2.43. The second kappa shape index (κ2) is 5.57. The quantitative estimate of drug-likeness (QED) is 0.914. The van der Waals surface area contributed by atoms with Crippen molar-refractivity contribution in [2.75, 3.05) is 25.1 Å². The van der Waals surface area contributed by atoms with Gasteiger partial charge in [-0.2, -0.15) is 0 Å². The Kier molecular flexibility index (Phi) is 3.65. The van der Waals surface area contributed by atoms with Gasteiger partial charge in [0.25, 0.3) is 0 Å². The van der Waals surface area contributed by atoms with Crippen LogP contribution in [0.3, 0.4) is 0 Å². The van der Waals surface area contributed by atoms with E-state index in [0.717, 1.165) is 31.1 Å². The molecule has 3 heteroatoms. The number of pyridine rings is 1. The third-order valence-electron chi connectivity index (χ3n) is 3.73. The van der Waals surface area contributed by atoms with Crippen LogP contribution in [0.4, 0.5) is 5.82 Å². The van der Waals surface area contributed by atoms with Gasteiger partial charge in [0.2, 0.25) is 0 Å². The molecule has 0 amide bonds. The van der Waals surface area contributed by atoms with Crippen LogP contribution < -0.4 is 5.32 Å².